The Bertz CT molecular complexity index is 856. The van der Waals surface area contributed by atoms with Crippen molar-refractivity contribution in [1.82, 2.24) is 4.90 Å². The number of hydrogen-bond acceptors (Lipinski definition) is 4. The highest BCUT2D eigenvalue weighted by Crippen LogP contribution is 2.36. The number of halogens is 3. The van der Waals surface area contributed by atoms with Gasteiger partial charge in [0.15, 0.2) is 5.76 Å². The van der Waals surface area contributed by atoms with Crippen molar-refractivity contribution < 1.29 is 37.1 Å². The van der Waals surface area contributed by atoms with E-state index in [-0.39, 0.29) is 17.9 Å². The van der Waals surface area contributed by atoms with Gasteiger partial charge < -0.3 is 14.4 Å². The largest absolute Gasteiger partial charge is 0.481 e. The molecule has 1 aliphatic rings. The molecule has 178 valence electrons. The van der Waals surface area contributed by atoms with Crippen LogP contribution in [0.3, 0.4) is 0 Å². The van der Waals surface area contributed by atoms with Crippen molar-refractivity contribution in [2.45, 2.75) is 71.5 Å². The molecule has 2 rings (SSSR count). The van der Waals surface area contributed by atoms with Gasteiger partial charge in [-0.05, 0) is 43.9 Å². The van der Waals surface area contributed by atoms with Gasteiger partial charge >= 0.3 is 12.1 Å². The summed E-state index contributed by atoms with van der Waals surface area (Å²) in [6.45, 7) is 5.95. The number of likely N-dealkylation sites (tertiary alicyclic amines) is 1. The molecule has 0 spiro atoms. The highest BCUT2D eigenvalue weighted by atomic mass is 19.4. The molecule has 1 aromatic rings. The molecular formula is C23H30F3NO5. The first-order chi connectivity index (χ1) is 14.9. The first-order valence-electron chi connectivity index (χ1n) is 10.8. The van der Waals surface area contributed by atoms with E-state index in [1.165, 1.54) is 0 Å². The number of rotatable bonds is 11. The topological polar surface area (TPSA) is 87.8 Å². The van der Waals surface area contributed by atoms with E-state index < -0.39 is 34.9 Å². The van der Waals surface area contributed by atoms with Crippen molar-refractivity contribution in [1.29, 1.82) is 0 Å². The summed E-state index contributed by atoms with van der Waals surface area (Å²) in [7, 11) is 0. The molecule has 32 heavy (non-hydrogen) atoms. The fourth-order valence-electron chi connectivity index (χ4n) is 3.95. The molecule has 1 aliphatic heterocycles. The van der Waals surface area contributed by atoms with Crippen molar-refractivity contribution >= 4 is 17.7 Å². The summed E-state index contributed by atoms with van der Waals surface area (Å²) in [6.07, 6.45) is 1.91. The first kappa shape index (κ1) is 25.7. The molecule has 0 aliphatic carbocycles. The molecule has 2 atom stereocenters. The number of aliphatic carboxylic acids is 1. The minimum atomic E-state index is -4.66. The smallest absolute Gasteiger partial charge is 0.449 e. The molecule has 1 aromatic heterocycles. The van der Waals surface area contributed by atoms with Gasteiger partial charge in [-0.2, -0.15) is 13.2 Å². The van der Waals surface area contributed by atoms with Crippen LogP contribution >= 0.6 is 0 Å². The summed E-state index contributed by atoms with van der Waals surface area (Å²) < 4.78 is 42.6. The minimum Gasteiger partial charge on any atom is -0.481 e. The van der Waals surface area contributed by atoms with Gasteiger partial charge in [0.25, 0.3) is 0 Å². The average Bonchev–Trinajstić information content (AvgIpc) is 3.27. The van der Waals surface area contributed by atoms with Gasteiger partial charge in [0.2, 0.25) is 17.5 Å². The third-order valence-corrected chi connectivity index (χ3v) is 5.85. The summed E-state index contributed by atoms with van der Waals surface area (Å²) in [6, 6.07) is 1.35. The van der Waals surface area contributed by atoms with Gasteiger partial charge in [0, 0.05) is 12.0 Å². The maximum atomic E-state index is 12.8. The Morgan fingerprint density at radius 2 is 1.97 bits per heavy atom. The van der Waals surface area contributed by atoms with Crippen LogP contribution in [0.5, 0.6) is 0 Å². The molecule has 1 N–H and O–H groups in total. The van der Waals surface area contributed by atoms with Crippen molar-refractivity contribution in [3.05, 3.63) is 35.8 Å². The van der Waals surface area contributed by atoms with Gasteiger partial charge in [-0.3, -0.25) is 14.4 Å². The van der Waals surface area contributed by atoms with Crippen LogP contribution in [0.25, 0.3) is 0 Å². The van der Waals surface area contributed by atoms with E-state index in [1.807, 2.05) is 20.8 Å². The van der Waals surface area contributed by atoms with Crippen molar-refractivity contribution in [3.63, 3.8) is 0 Å². The Kier molecular flexibility index (Phi) is 8.31. The zero-order chi connectivity index (χ0) is 24.1. The number of hydrogen-bond donors (Lipinski definition) is 1. The van der Waals surface area contributed by atoms with Gasteiger partial charge in [0.05, 0.1) is 12.0 Å². The maximum Gasteiger partial charge on any atom is 0.449 e. The maximum absolute atomic E-state index is 12.8. The number of allylic oxidation sites excluding steroid dienone is 1. The van der Waals surface area contributed by atoms with E-state index in [9.17, 15) is 27.6 Å². The van der Waals surface area contributed by atoms with Crippen molar-refractivity contribution in [2.24, 2.45) is 11.3 Å². The van der Waals surface area contributed by atoms with Crippen LogP contribution in [-0.2, 0) is 15.8 Å². The number of carboxylic acid groups (broad SMARTS) is 1. The molecule has 0 radical (unpaired) electrons. The van der Waals surface area contributed by atoms with Gasteiger partial charge in [-0.15, -0.1) is 0 Å². The zero-order valence-electron chi connectivity index (χ0n) is 18.6. The first-order valence-corrected chi connectivity index (χ1v) is 10.8. The number of carbonyl (C=O) groups is 3. The number of alkyl halides is 3. The van der Waals surface area contributed by atoms with Crippen molar-refractivity contribution in [2.75, 3.05) is 6.54 Å². The van der Waals surface area contributed by atoms with Crippen LogP contribution in [-0.4, -0.2) is 40.3 Å². The number of unbranched alkanes of at least 4 members (excludes halogenated alkanes) is 2. The van der Waals surface area contributed by atoms with Crippen LogP contribution in [0.2, 0.25) is 0 Å². The molecular weight excluding hydrogens is 427 g/mol. The molecule has 1 saturated heterocycles. The van der Waals surface area contributed by atoms with Crippen LogP contribution in [0.1, 0.15) is 75.6 Å². The fraction of sp³-hybridized carbons (Fsp3) is 0.609. The molecule has 2 heterocycles. The number of carbonyl (C=O) groups excluding carboxylic acids is 2. The lowest BCUT2D eigenvalue weighted by Crippen LogP contribution is -2.35. The second-order valence-electron chi connectivity index (χ2n) is 8.83. The average molecular weight is 457 g/mol. The second-order valence-corrected chi connectivity index (χ2v) is 8.83. The molecule has 0 bridgehead atoms. The third-order valence-electron chi connectivity index (χ3n) is 5.85. The van der Waals surface area contributed by atoms with Crippen LogP contribution in [0, 0.1) is 11.3 Å². The van der Waals surface area contributed by atoms with Gasteiger partial charge in [-0.25, -0.2) is 0 Å². The monoisotopic (exact) mass is 457 g/mol. The van der Waals surface area contributed by atoms with Crippen LogP contribution < -0.4 is 0 Å². The summed E-state index contributed by atoms with van der Waals surface area (Å²) in [5.41, 5.74) is -0.608. The van der Waals surface area contributed by atoms with E-state index in [1.54, 1.807) is 11.0 Å². The standard InChI is InChI=1S/C23H30F3NO5/c1-4-15(20(29)30)8-6-5-7-13-27-16(14-22(2,3)21(27)31)9-10-17(28)18-11-12-19(32-18)23(24,25)26/h9-12,15-16H,4-8,13-14H2,1-3H3,(H,29,30)/b10-9+/t15?,16-/m0/s1. The fourth-order valence-corrected chi connectivity index (χ4v) is 3.95. The van der Waals surface area contributed by atoms with E-state index in [0.29, 0.717) is 38.3 Å². The molecule has 0 saturated carbocycles. The van der Waals surface area contributed by atoms with Crippen LogP contribution in [0.4, 0.5) is 13.2 Å². The Morgan fingerprint density at radius 3 is 2.53 bits per heavy atom. The lowest BCUT2D eigenvalue weighted by atomic mass is 9.90. The number of ketones is 1. The summed E-state index contributed by atoms with van der Waals surface area (Å²) in [4.78, 5) is 37.8. The number of nitrogens with zero attached hydrogens (tertiary/aromatic N) is 1. The predicted molar refractivity (Wildman–Crippen MR) is 111 cm³/mol. The third kappa shape index (κ3) is 6.46. The van der Waals surface area contributed by atoms with E-state index in [2.05, 4.69) is 4.42 Å². The Hall–Kier alpha value is -2.58. The zero-order valence-corrected chi connectivity index (χ0v) is 18.6. The Labute approximate surface area is 185 Å². The Morgan fingerprint density at radius 1 is 1.28 bits per heavy atom. The molecule has 1 fully saturated rings. The minimum absolute atomic E-state index is 0.0473. The normalized spacial score (nSPS) is 19.6. The molecule has 1 amide bonds. The molecule has 9 heteroatoms. The van der Waals surface area contributed by atoms with Gasteiger partial charge in [0.1, 0.15) is 0 Å². The summed E-state index contributed by atoms with van der Waals surface area (Å²) in [5.74, 6) is -3.54. The number of amides is 1. The predicted octanol–water partition coefficient (Wildman–Crippen LogP) is 5.34. The summed E-state index contributed by atoms with van der Waals surface area (Å²) in [5, 5.41) is 9.11. The van der Waals surface area contributed by atoms with E-state index >= 15 is 0 Å². The molecule has 1 unspecified atom stereocenters. The highest BCUT2D eigenvalue weighted by molar-refractivity contribution is 6.02. The Balaban J connectivity index is 1.96. The lowest BCUT2D eigenvalue weighted by Gasteiger charge is -2.23. The van der Waals surface area contributed by atoms with Crippen molar-refractivity contribution in [3.8, 4) is 0 Å². The van der Waals surface area contributed by atoms with Gasteiger partial charge in [-0.1, -0.05) is 39.7 Å². The molecule has 6 nitrogen and oxygen atoms in total. The highest BCUT2D eigenvalue weighted by Gasteiger charge is 2.43. The molecule has 0 aromatic carbocycles. The quantitative estimate of drug-likeness (QED) is 0.275. The summed E-state index contributed by atoms with van der Waals surface area (Å²) >= 11 is 0. The lowest BCUT2D eigenvalue weighted by molar-refractivity contribution is -0.153. The number of furan rings is 1. The SMILES string of the molecule is CCC(CCCCCN1C(=O)C(C)(C)C[C@@H]1/C=C/C(=O)c1ccc(C(F)(F)F)o1)C(=O)O. The van der Waals surface area contributed by atoms with Crippen LogP contribution in [0.15, 0.2) is 28.7 Å². The second kappa shape index (κ2) is 10.4. The van der Waals surface area contributed by atoms with E-state index in [4.69, 9.17) is 5.11 Å². The number of carboxylic acids is 1. The van der Waals surface area contributed by atoms with E-state index in [0.717, 1.165) is 25.0 Å².